The molecule has 3 aliphatic rings. The molecule has 5 nitrogen and oxygen atoms in total. The van der Waals surface area contributed by atoms with Crippen molar-refractivity contribution in [3.8, 4) is 17.2 Å². The Kier molecular flexibility index (Phi) is 3.63. The van der Waals surface area contributed by atoms with Crippen molar-refractivity contribution in [2.75, 3.05) is 31.1 Å². The third-order valence-corrected chi connectivity index (χ3v) is 4.52. The van der Waals surface area contributed by atoms with Crippen molar-refractivity contribution in [2.24, 2.45) is 0 Å². The monoisotopic (exact) mass is 324 g/mol. The summed E-state index contributed by atoms with van der Waals surface area (Å²) in [6.45, 7) is 9.77. The summed E-state index contributed by atoms with van der Waals surface area (Å²) in [7, 11) is 0. The van der Waals surface area contributed by atoms with E-state index in [1.165, 1.54) is 0 Å². The van der Waals surface area contributed by atoms with Crippen LogP contribution in [0.3, 0.4) is 0 Å². The predicted octanol–water partition coefficient (Wildman–Crippen LogP) is 1.46. The number of rotatable bonds is 2. The van der Waals surface area contributed by atoms with Crippen molar-refractivity contribution < 1.29 is 14.1 Å². The Hall–Kier alpha value is -2.56. The number of nitrogens with zero attached hydrogens (tertiary/aromatic N) is 2. The topological polar surface area (TPSA) is 52.5 Å². The van der Waals surface area contributed by atoms with E-state index in [1.807, 2.05) is 18.2 Å². The lowest BCUT2D eigenvalue weighted by molar-refractivity contribution is -0.496. The minimum atomic E-state index is 0.711. The number of aryl methyl sites for hydroxylation is 1. The van der Waals surface area contributed by atoms with Gasteiger partial charge in [0.25, 0.3) is 0 Å². The molecule has 0 bridgehead atoms. The van der Waals surface area contributed by atoms with Crippen LogP contribution in [0.15, 0.2) is 28.7 Å². The highest BCUT2D eigenvalue weighted by molar-refractivity contribution is 5.84. The van der Waals surface area contributed by atoms with Crippen LogP contribution in [-0.4, -0.2) is 31.2 Å². The number of benzene rings is 2. The van der Waals surface area contributed by atoms with Gasteiger partial charge in [0, 0.05) is 24.2 Å². The summed E-state index contributed by atoms with van der Waals surface area (Å²) in [4.78, 5) is 10.4. The molecule has 5 heteroatoms. The molecule has 2 heterocycles. The maximum Gasteiger partial charge on any atom is 0.205 e. The van der Waals surface area contributed by atoms with Crippen LogP contribution in [0.5, 0.6) is 5.75 Å². The van der Waals surface area contributed by atoms with Crippen molar-refractivity contribution in [1.82, 2.24) is 4.98 Å². The number of nitrogens with one attached hydrogen (secondary N) is 1. The van der Waals surface area contributed by atoms with Gasteiger partial charge in [-0.25, -0.2) is 9.98 Å². The van der Waals surface area contributed by atoms with Crippen LogP contribution >= 0.6 is 0 Å². The van der Waals surface area contributed by atoms with E-state index in [0.29, 0.717) is 6.61 Å². The number of ether oxygens (including phenoxy) is 1. The van der Waals surface area contributed by atoms with Crippen molar-refractivity contribution in [3.63, 3.8) is 0 Å². The normalized spacial score (nSPS) is 15.0. The molecule has 0 amide bonds. The number of anilines is 1. The van der Waals surface area contributed by atoms with Crippen molar-refractivity contribution >= 4 is 16.8 Å². The number of likely N-dealkylation sites (N-methyl/N-ethyl adjacent to an activating group) is 1. The standard InChI is InChI=1S/C19H21N3O2/c1-4-20-13-9-17-14(8-12(13)3)21-15-10-19-16(11-18(15)24-17)22(5-2)6-7-23-19/h8-11H,4-7H2,1-3H3/p+1. The lowest BCUT2D eigenvalue weighted by Gasteiger charge is -2.30. The molecule has 0 atom stereocenters. The second kappa shape index (κ2) is 5.82. The average molecular weight is 324 g/mol. The summed E-state index contributed by atoms with van der Waals surface area (Å²) in [5.41, 5.74) is 4.73. The smallest absolute Gasteiger partial charge is 0.205 e. The van der Waals surface area contributed by atoms with E-state index < -0.39 is 0 Å². The highest BCUT2D eigenvalue weighted by Crippen LogP contribution is 2.36. The summed E-state index contributed by atoms with van der Waals surface area (Å²) < 4.78 is 12.0. The van der Waals surface area contributed by atoms with Gasteiger partial charge in [0.2, 0.25) is 5.36 Å². The van der Waals surface area contributed by atoms with E-state index >= 15 is 0 Å². The van der Waals surface area contributed by atoms with Gasteiger partial charge in [0.15, 0.2) is 11.3 Å². The first-order valence-corrected chi connectivity index (χ1v) is 8.53. The SMILES string of the molecule is CC[NH+]=c1cc2oc3cc4c(cc3nc-2cc1C)OCCN4CC. The molecule has 0 spiro atoms. The first-order valence-electron chi connectivity index (χ1n) is 8.53. The third kappa shape index (κ3) is 2.40. The third-order valence-electron chi connectivity index (χ3n) is 4.52. The maximum absolute atomic E-state index is 6.16. The van der Waals surface area contributed by atoms with Gasteiger partial charge in [-0.3, -0.25) is 0 Å². The molecule has 0 radical (unpaired) electrons. The molecular formula is C19H22N3O2+. The molecule has 0 saturated heterocycles. The second-order valence-electron chi connectivity index (χ2n) is 6.09. The Morgan fingerprint density at radius 2 is 2.08 bits per heavy atom. The molecule has 4 rings (SSSR count). The van der Waals surface area contributed by atoms with Gasteiger partial charge in [0.1, 0.15) is 30.1 Å². The average Bonchev–Trinajstić information content (AvgIpc) is 2.59. The Morgan fingerprint density at radius 3 is 2.88 bits per heavy atom. The zero-order valence-corrected chi connectivity index (χ0v) is 14.3. The molecule has 0 saturated carbocycles. The summed E-state index contributed by atoms with van der Waals surface area (Å²) in [6, 6.07) is 8.14. The minimum absolute atomic E-state index is 0.711. The van der Waals surface area contributed by atoms with Crippen molar-refractivity contribution in [2.45, 2.75) is 20.8 Å². The highest BCUT2D eigenvalue weighted by Gasteiger charge is 2.20. The Labute approximate surface area is 140 Å². The molecular weight excluding hydrogens is 302 g/mol. The highest BCUT2D eigenvalue weighted by atomic mass is 16.5. The molecule has 1 N–H and O–H groups in total. The zero-order chi connectivity index (χ0) is 16.7. The van der Waals surface area contributed by atoms with Gasteiger partial charge < -0.3 is 14.1 Å². The van der Waals surface area contributed by atoms with Gasteiger partial charge in [-0.1, -0.05) is 0 Å². The van der Waals surface area contributed by atoms with Crippen LogP contribution in [0.2, 0.25) is 0 Å². The van der Waals surface area contributed by atoms with Crippen LogP contribution < -0.4 is 20.0 Å². The first-order chi connectivity index (χ1) is 11.7. The molecule has 1 aromatic rings. The van der Waals surface area contributed by atoms with Crippen LogP contribution in [0.25, 0.3) is 22.6 Å². The number of fused-ring (bicyclic) bond motifs is 3. The molecule has 1 aromatic carbocycles. The van der Waals surface area contributed by atoms with Gasteiger partial charge in [0.05, 0.1) is 18.3 Å². The van der Waals surface area contributed by atoms with Gasteiger partial charge in [-0.2, -0.15) is 0 Å². The summed E-state index contributed by atoms with van der Waals surface area (Å²) in [5, 5.41) is 1.09. The van der Waals surface area contributed by atoms with Gasteiger partial charge in [-0.05, 0) is 26.8 Å². The van der Waals surface area contributed by atoms with Crippen molar-refractivity contribution in [3.05, 3.63) is 35.2 Å². The fourth-order valence-corrected chi connectivity index (χ4v) is 3.26. The van der Waals surface area contributed by atoms with E-state index in [-0.39, 0.29) is 0 Å². The summed E-state index contributed by atoms with van der Waals surface area (Å²) in [5.74, 6) is 1.68. The molecule has 2 aliphatic heterocycles. The number of hydrogen-bond donors (Lipinski definition) is 1. The van der Waals surface area contributed by atoms with E-state index in [1.54, 1.807) is 0 Å². The predicted molar refractivity (Wildman–Crippen MR) is 93.4 cm³/mol. The minimum Gasteiger partial charge on any atom is -0.489 e. The van der Waals surface area contributed by atoms with Crippen molar-refractivity contribution in [1.29, 1.82) is 0 Å². The van der Waals surface area contributed by atoms with Gasteiger partial charge >= 0.3 is 0 Å². The number of hydrogen-bond acceptors (Lipinski definition) is 4. The molecule has 124 valence electrons. The lowest BCUT2D eigenvalue weighted by Crippen LogP contribution is -2.76. The Balaban J connectivity index is 1.97. The van der Waals surface area contributed by atoms with Gasteiger partial charge in [-0.15, -0.1) is 0 Å². The fraction of sp³-hybridized carbons (Fsp3) is 0.368. The Morgan fingerprint density at radius 1 is 1.21 bits per heavy atom. The van der Waals surface area contributed by atoms with Crippen LogP contribution in [-0.2, 0) is 0 Å². The number of aromatic nitrogens is 1. The molecule has 0 aromatic heterocycles. The molecule has 24 heavy (non-hydrogen) atoms. The molecule has 0 unspecified atom stereocenters. The van der Waals surface area contributed by atoms with Crippen LogP contribution in [0.1, 0.15) is 19.4 Å². The van der Waals surface area contributed by atoms with E-state index in [2.05, 4.69) is 36.7 Å². The van der Waals surface area contributed by atoms with Crippen LogP contribution in [0, 0.1) is 6.92 Å². The summed E-state index contributed by atoms with van der Waals surface area (Å²) in [6.07, 6.45) is 0. The van der Waals surface area contributed by atoms with E-state index in [0.717, 1.165) is 64.5 Å². The molecule has 1 aliphatic carbocycles. The second-order valence-corrected chi connectivity index (χ2v) is 6.09. The van der Waals surface area contributed by atoms with E-state index in [4.69, 9.17) is 14.1 Å². The van der Waals surface area contributed by atoms with E-state index in [9.17, 15) is 0 Å². The Bertz CT molecular complexity index is 945. The summed E-state index contributed by atoms with van der Waals surface area (Å²) >= 11 is 0. The maximum atomic E-state index is 6.16. The zero-order valence-electron chi connectivity index (χ0n) is 14.3. The molecule has 0 fully saturated rings. The van der Waals surface area contributed by atoms with Crippen LogP contribution in [0.4, 0.5) is 5.69 Å². The lowest BCUT2D eigenvalue weighted by atomic mass is 10.1. The fourth-order valence-electron chi connectivity index (χ4n) is 3.26. The first kappa shape index (κ1) is 15.0. The largest absolute Gasteiger partial charge is 0.489 e. The quantitative estimate of drug-likeness (QED) is 0.725.